The first-order valence-corrected chi connectivity index (χ1v) is 5.43. The van der Waals surface area contributed by atoms with Gasteiger partial charge < -0.3 is 5.32 Å². The van der Waals surface area contributed by atoms with Gasteiger partial charge in [0.1, 0.15) is 11.5 Å². The predicted molar refractivity (Wildman–Crippen MR) is 65.2 cm³/mol. The van der Waals surface area contributed by atoms with Crippen LogP contribution in [0.4, 0.5) is 4.39 Å². The highest BCUT2D eigenvalue weighted by Crippen LogP contribution is 2.22. The van der Waals surface area contributed by atoms with Crippen molar-refractivity contribution in [3.63, 3.8) is 0 Å². The van der Waals surface area contributed by atoms with Gasteiger partial charge in [0.15, 0.2) is 0 Å². The highest BCUT2D eigenvalue weighted by molar-refractivity contribution is 7.79. The Morgan fingerprint density at radius 3 is 2.40 bits per heavy atom. The van der Waals surface area contributed by atoms with Gasteiger partial charge in [-0.15, -0.1) is 0 Å². The first kappa shape index (κ1) is 12.7. The maximum atomic E-state index is 13.2. The Morgan fingerprint density at radius 1 is 1.47 bits per heavy atom. The quantitative estimate of drug-likeness (QED) is 0.568. The van der Waals surface area contributed by atoms with Crippen molar-refractivity contribution < 1.29 is 4.39 Å². The second-order valence-electron chi connectivity index (χ2n) is 4.15. The van der Waals surface area contributed by atoms with Crippen LogP contribution in [0.5, 0.6) is 0 Å². The zero-order valence-electron chi connectivity index (χ0n) is 9.26. The Morgan fingerprint density at radius 2 is 2.00 bits per heavy atom. The molecule has 0 amide bonds. The van der Waals surface area contributed by atoms with Gasteiger partial charge in [0, 0.05) is 26.2 Å². The third-order valence-corrected chi connectivity index (χ3v) is 3.04. The van der Waals surface area contributed by atoms with Crippen molar-refractivity contribution in [2.45, 2.75) is 19.4 Å². The Balaban J connectivity index is 2.83. The first-order valence-electron chi connectivity index (χ1n) is 5.03. The third-order valence-electron chi connectivity index (χ3n) is 2.84. The Labute approximate surface area is 96.0 Å². The molecule has 1 N–H and O–H groups in total. The minimum absolute atomic E-state index is 0.313. The van der Waals surface area contributed by atoms with E-state index >= 15 is 0 Å². The van der Waals surface area contributed by atoms with Crippen LogP contribution in [0.2, 0.25) is 0 Å². The summed E-state index contributed by atoms with van der Waals surface area (Å²) < 4.78 is 16.9. The fraction of sp³-hybridized carbons (Fsp3) is 0.700. The summed E-state index contributed by atoms with van der Waals surface area (Å²) in [5.41, 5.74) is -0.136. The molecule has 0 aromatic heterocycles. The van der Waals surface area contributed by atoms with Crippen LogP contribution in [-0.4, -0.2) is 42.3 Å². The molecule has 0 aromatic carbocycles. The van der Waals surface area contributed by atoms with Crippen molar-refractivity contribution in [2.75, 3.05) is 26.2 Å². The number of nitrogens with zero attached hydrogens (tertiary/aromatic N) is 2. The largest absolute Gasteiger partial charge is 0.314 e. The van der Waals surface area contributed by atoms with Gasteiger partial charge in [-0.3, -0.25) is 4.90 Å². The van der Waals surface area contributed by atoms with Crippen molar-refractivity contribution in [3.8, 4) is 0 Å². The van der Waals surface area contributed by atoms with E-state index in [9.17, 15) is 4.39 Å². The molecule has 1 fully saturated rings. The summed E-state index contributed by atoms with van der Waals surface area (Å²) in [5, 5.41) is 3.26. The molecule has 0 aromatic rings. The second-order valence-corrected chi connectivity index (χ2v) is 4.35. The third kappa shape index (κ3) is 2.80. The molecule has 3 nitrogen and oxygen atoms in total. The van der Waals surface area contributed by atoms with E-state index in [1.807, 2.05) is 13.8 Å². The molecule has 1 heterocycles. The maximum absolute atomic E-state index is 13.2. The molecular formula is C10H18FN3S. The highest BCUT2D eigenvalue weighted by Gasteiger charge is 2.34. The van der Waals surface area contributed by atoms with Gasteiger partial charge in [0.2, 0.25) is 0 Å². The van der Waals surface area contributed by atoms with E-state index in [0.29, 0.717) is 5.71 Å². The number of thiol groups is 1. The number of halogens is 1. The number of rotatable bonds is 3. The molecule has 5 heteroatoms. The number of nitrogens with one attached hydrogen (secondary N) is 1. The molecule has 0 radical (unpaired) electrons. The van der Waals surface area contributed by atoms with Crippen molar-refractivity contribution >= 4 is 18.5 Å². The molecule has 0 bridgehead atoms. The van der Waals surface area contributed by atoms with E-state index in [1.165, 1.54) is 0 Å². The molecule has 0 saturated carbocycles. The molecular weight excluding hydrogens is 213 g/mol. The van der Waals surface area contributed by atoms with Crippen molar-refractivity contribution in [1.82, 2.24) is 10.2 Å². The molecule has 0 atom stereocenters. The van der Waals surface area contributed by atoms with Crippen LogP contribution >= 0.6 is 12.8 Å². The minimum atomic E-state index is -0.506. The number of hydrogen-bond acceptors (Lipinski definition) is 4. The highest BCUT2D eigenvalue weighted by atomic mass is 32.1. The SMILES string of the molecule is C=C(F)/C(=N/S)C(C)(C)N1CCNCC1. The molecule has 1 aliphatic rings. The van der Waals surface area contributed by atoms with Crippen molar-refractivity contribution in [1.29, 1.82) is 0 Å². The molecule has 0 spiro atoms. The number of hydrogen-bond donors (Lipinski definition) is 2. The van der Waals surface area contributed by atoms with Gasteiger partial charge in [0.05, 0.1) is 5.54 Å². The molecule has 1 saturated heterocycles. The standard InChI is InChI=1S/C10H18FN3S/c1-8(11)9(13-15)10(2,3)14-6-4-12-5-7-14/h12,15H,1,4-7H2,2-3H3/b13-9-. The zero-order chi connectivity index (χ0) is 11.5. The Kier molecular flexibility index (Phi) is 4.31. The molecule has 0 unspecified atom stereocenters. The Bertz CT molecular complexity index is 270. The fourth-order valence-corrected chi connectivity index (χ4v) is 2.24. The summed E-state index contributed by atoms with van der Waals surface area (Å²) in [6.45, 7) is 10.8. The molecule has 86 valence electrons. The lowest BCUT2D eigenvalue weighted by molar-refractivity contribution is 0.155. The summed E-state index contributed by atoms with van der Waals surface area (Å²) in [7, 11) is 0. The van der Waals surface area contributed by atoms with Gasteiger partial charge in [-0.25, -0.2) is 8.79 Å². The average Bonchev–Trinajstić information content (AvgIpc) is 2.19. The van der Waals surface area contributed by atoms with Gasteiger partial charge >= 0.3 is 0 Å². The van der Waals surface area contributed by atoms with E-state index in [4.69, 9.17) is 0 Å². The lowest BCUT2D eigenvalue weighted by Crippen LogP contribution is -2.57. The van der Waals surface area contributed by atoms with Crippen LogP contribution in [-0.2, 0) is 0 Å². The Hall–Kier alpha value is -0.390. The topological polar surface area (TPSA) is 27.6 Å². The van der Waals surface area contributed by atoms with E-state index in [0.717, 1.165) is 26.2 Å². The van der Waals surface area contributed by atoms with Crippen molar-refractivity contribution in [2.24, 2.45) is 4.40 Å². The van der Waals surface area contributed by atoms with Crippen LogP contribution in [0.3, 0.4) is 0 Å². The summed E-state index contributed by atoms with van der Waals surface area (Å²) >= 11 is 3.81. The first-order chi connectivity index (χ1) is 7.00. The predicted octanol–water partition coefficient (Wildman–Crippen LogP) is 1.44. The summed E-state index contributed by atoms with van der Waals surface area (Å²) in [4.78, 5) is 2.18. The van der Waals surface area contributed by atoms with E-state index in [-0.39, 0.29) is 0 Å². The van der Waals surface area contributed by atoms with Gasteiger partial charge in [-0.2, -0.15) is 0 Å². The van der Waals surface area contributed by atoms with E-state index in [1.54, 1.807) is 0 Å². The van der Waals surface area contributed by atoms with Crippen LogP contribution < -0.4 is 5.32 Å². The fourth-order valence-electron chi connectivity index (χ4n) is 1.88. The number of piperazine rings is 1. The molecule has 0 aliphatic carbocycles. The lowest BCUT2D eigenvalue weighted by Gasteiger charge is -2.41. The smallest absolute Gasteiger partial charge is 0.140 e. The normalized spacial score (nSPS) is 20.4. The van der Waals surface area contributed by atoms with Gasteiger partial charge in [0.25, 0.3) is 0 Å². The summed E-state index contributed by atoms with van der Waals surface area (Å²) in [6.07, 6.45) is 0. The van der Waals surface area contributed by atoms with E-state index < -0.39 is 11.4 Å². The lowest BCUT2D eigenvalue weighted by atomic mass is 9.94. The molecule has 15 heavy (non-hydrogen) atoms. The maximum Gasteiger partial charge on any atom is 0.140 e. The van der Waals surface area contributed by atoms with Gasteiger partial charge in [-0.1, -0.05) is 6.58 Å². The monoisotopic (exact) mass is 231 g/mol. The van der Waals surface area contributed by atoms with Gasteiger partial charge in [-0.05, 0) is 26.7 Å². The molecule has 1 rings (SSSR count). The second kappa shape index (κ2) is 5.09. The summed E-state index contributed by atoms with van der Waals surface area (Å²) in [6, 6.07) is 0. The van der Waals surface area contributed by atoms with E-state index in [2.05, 4.69) is 34.0 Å². The van der Waals surface area contributed by atoms with Crippen LogP contribution in [0.25, 0.3) is 0 Å². The summed E-state index contributed by atoms with van der Waals surface area (Å²) in [5.74, 6) is -0.506. The van der Waals surface area contributed by atoms with Crippen LogP contribution in [0.15, 0.2) is 16.8 Å². The average molecular weight is 231 g/mol. The minimum Gasteiger partial charge on any atom is -0.314 e. The zero-order valence-corrected chi connectivity index (χ0v) is 10.1. The van der Waals surface area contributed by atoms with Crippen LogP contribution in [0, 0.1) is 0 Å². The molecule has 1 aliphatic heterocycles. The van der Waals surface area contributed by atoms with Crippen LogP contribution in [0.1, 0.15) is 13.8 Å². The van der Waals surface area contributed by atoms with Crippen molar-refractivity contribution in [3.05, 3.63) is 12.4 Å².